The van der Waals surface area contributed by atoms with Gasteiger partial charge in [-0.25, -0.2) is 0 Å². The van der Waals surface area contributed by atoms with Crippen molar-refractivity contribution in [3.8, 4) is 0 Å². The topological polar surface area (TPSA) is 71.3 Å². The van der Waals surface area contributed by atoms with E-state index >= 15 is 0 Å². The van der Waals surface area contributed by atoms with Gasteiger partial charge in [-0.1, -0.05) is 12.8 Å². The molecule has 1 aliphatic carbocycles. The van der Waals surface area contributed by atoms with Crippen molar-refractivity contribution in [3.63, 3.8) is 0 Å². The third-order valence-corrected chi connectivity index (χ3v) is 5.40. The molecule has 0 aromatic carbocycles. The Morgan fingerprint density at radius 2 is 1.79 bits per heavy atom. The Kier molecular flexibility index (Phi) is 5.69. The first-order valence-corrected chi connectivity index (χ1v) is 9.27. The molecule has 0 spiro atoms. The van der Waals surface area contributed by atoms with Gasteiger partial charge in [0.05, 0.1) is 11.1 Å². The molecule has 0 radical (unpaired) electrons. The van der Waals surface area contributed by atoms with E-state index in [9.17, 15) is 9.59 Å². The van der Waals surface area contributed by atoms with Crippen LogP contribution in [-0.2, 0) is 12.8 Å². The molecule has 2 heterocycles. The van der Waals surface area contributed by atoms with Gasteiger partial charge in [0, 0.05) is 18.0 Å². The van der Waals surface area contributed by atoms with E-state index in [-0.39, 0.29) is 17.6 Å². The molecule has 0 saturated heterocycles. The van der Waals surface area contributed by atoms with Gasteiger partial charge in [-0.05, 0) is 49.4 Å². The van der Waals surface area contributed by atoms with Crippen molar-refractivity contribution in [1.82, 2.24) is 10.6 Å². The van der Waals surface area contributed by atoms with Crippen LogP contribution in [0.25, 0.3) is 0 Å². The lowest BCUT2D eigenvalue weighted by Gasteiger charge is -2.07. The summed E-state index contributed by atoms with van der Waals surface area (Å²) in [4.78, 5) is 26.1. The molecule has 3 rings (SSSR count). The van der Waals surface area contributed by atoms with Gasteiger partial charge in [-0.3, -0.25) is 9.59 Å². The molecule has 1 aliphatic rings. The Morgan fingerprint density at radius 3 is 2.54 bits per heavy atom. The highest BCUT2D eigenvalue weighted by Crippen LogP contribution is 2.28. The first-order chi connectivity index (χ1) is 11.7. The van der Waals surface area contributed by atoms with E-state index in [4.69, 9.17) is 4.42 Å². The lowest BCUT2D eigenvalue weighted by Crippen LogP contribution is -2.34. The van der Waals surface area contributed by atoms with Crippen LogP contribution < -0.4 is 10.6 Å². The molecule has 2 aromatic heterocycles. The number of amides is 2. The summed E-state index contributed by atoms with van der Waals surface area (Å²) in [5, 5.41) is 5.58. The Labute approximate surface area is 145 Å². The molecule has 0 unspecified atom stereocenters. The minimum Gasteiger partial charge on any atom is -0.459 e. The molecule has 128 valence electrons. The maximum absolute atomic E-state index is 12.3. The first-order valence-electron chi connectivity index (χ1n) is 8.45. The second-order valence-corrected chi connectivity index (χ2v) is 7.10. The summed E-state index contributed by atoms with van der Waals surface area (Å²) in [5.41, 5.74) is 1.34. The van der Waals surface area contributed by atoms with Crippen LogP contribution in [0.2, 0.25) is 0 Å². The van der Waals surface area contributed by atoms with E-state index in [2.05, 4.69) is 10.6 Å². The van der Waals surface area contributed by atoms with Gasteiger partial charge in [0.25, 0.3) is 11.8 Å². The maximum atomic E-state index is 12.3. The molecular formula is C18H22N2O3S. The molecule has 0 fully saturated rings. The Balaban J connectivity index is 1.47. The summed E-state index contributed by atoms with van der Waals surface area (Å²) in [6, 6.07) is 5.32. The number of hydrogen-bond donors (Lipinski definition) is 2. The molecule has 0 atom stereocenters. The molecule has 2 N–H and O–H groups in total. The summed E-state index contributed by atoms with van der Waals surface area (Å²) < 4.78 is 5.01. The number of aryl methyl sites for hydroxylation is 2. The van der Waals surface area contributed by atoms with E-state index in [1.807, 2.05) is 6.07 Å². The van der Waals surface area contributed by atoms with Gasteiger partial charge < -0.3 is 15.1 Å². The summed E-state index contributed by atoms with van der Waals surface area (Å²) >= 11 is 1.61. The average molecular weight is 346 g/mol. The van der Waals surface area contributed by atoms with Crippen molar-refractivity contribution in [3.05, 3.63) is 45.5 Å². The van der Waals surface area contributed by atoms with Crippen molar-refractivity contribution < 1.29 is 14.0 Å². The van der Waals surface area contributed by atoms with Crippen molar-refractivity contribution >= 4 is 23.2 Å². The van der Waals surface area contributed by atoms with Crippen LogP contribution >= 0.6 is 11.3 Å². The highest BCUT2D eigenvalue weighted by atomic mass is 32.1. The summed E-state index contributed by atoms with van der Waals surface area (Å²) in [6.45, 7) is 0.768. The molecule has 6 heteroatoms. The fourth-order valence-corrected chi connectivity index (χ4v) is 4.06. The van der Waals surface area contributed by atoms with Crippen molar-refractivity contribution in [2.24, 2.45) is 0 Å². The van der Waals surface area contributed by atoms with E-state index in [0.29, 0.717) is 13.1 Å². The average Bonchev–Trinajstić information content (AvgIpc) is 3.21. The van der Waals surface area contributed by atoms with Crippen LogP contribution in [0.1, 0.15) is 56.4 Å². The predicted molar refractivity (Wildman–Crippen MR) is 93.6 cm³/mol. The van der Waals surface area contributed by atoms with Gasteiger partial charge in [0.2, 0.25) is 0 Å². The number of rotatable bonds is 5. The van der Waals surface area contributed by atoms with E-state index < -0.39 is 0 Å². The molecule has 2 aromatic rings. The summed E-state index contributed by atoms with van der Waals surface area (Å²) in [7, 11) is 0. The standard InChI is InChI=1S/C18H22N2O3S/c21-17(14-7-5-11-23-14)19-9-10-20-18(22)16-12-13-6-3-1-2-4-8-15(13)24-16/h5,7,11-12H,1-4,6,8-10H2,(H,19,21)(H,20,22). The Hall–Kier alpha value is -2.08. The van der Waals surface area contributed by atoms with Crippen molar-refractivity contribution in [2.45, 2.75) is 38.5 Å². The quantitative estimate of drug-likeness (QED) is 0.817. The van der Waals surface area contributed by atoms with Gasteiger partial charge in [-0.15, -0.1) is 11.3 Å². The molecule has 0 bridgehead atoms. The molecule has 0 aliphatic heterocycles. The SMILES string of the molecule is O=C(NCCNC(=O)c1cc2c(s1)CCCCCC2)c1ccco1. The fraction of sp³-hybridized carbons (Fsp3) is 0.444. The third kappa shape index (κ3) is 4.26. The monoisotopic (exact) mass is 346 g/mol. The second kappa shape index (κ2) is 8.15. The van der Waals surface area contributed by atoms with Gasteiger partial charge >= 0.3 is 0 Å². The molecule has 2 amide bonds. The number of furan rings is 1. The minimum absolute atomic E-state index is 0.0565. The van der Waals surface area contributed by atoms with Crippen LogP contribution in [0, 0.1) is 0 Å². The van der Waals surface area contributed by atoms with E-state index in [0.717, 1.165) is 17.7 Å². The van der Waals surface area contributed by atoms with E-state index in [1.165, 1.54) is 42.4 Å². The molecule has 0 saturated carbocycles. The number of thiophene rings is 1. The maximum Gasteiger partial charge on any atom is 0.287 e. The Morgan fingerprint density at radius 1 is 1.04 bits per heavy atom. The van der Waals surface area contributed by atoms with Gasteiger partial charge in [0.15, 0.2) is 5.76 Å². The summed E-state index contributed by atoms with van der Waals surface area (Å²) in [5.74, 6) is -0.0493. The van der Waals surface area contributed by atoms with Crippen LogP contribution in [0.5, 0.6) is 0 Å². The highest BCUT2D eigenvalue weighted by molar-refractivity contribution is 7.14. The normalized spacial score (nSPS) is 14.3. The van der Waals surface area contributed by atoms with Gasteiger partial charge in [-0.2, -0.15) is 0 Å². The fourth-order valence-electron chi connectivity index (χ4n) is 2.89. The first kappa shape index (κ1) is 16.8. The smallest absolute Gasteiger partial charge is 0.287 e. The number of hydrogen-bond acceptors (Lipinski definition) is 4. The van der Waals surface area contributed by atoms with Crippen molar-refractivity contribution in [1.29, 1.82) is 0 Å². The summed E-state index contributed by atoms with van der Waals surface area (Å²) in [6.07, 6.45) is 8.63. The van der Waals surface area contributed by atoms with Gasteiger partial charge in [0.1, 0.15) is 0 Å². The van der Waals surface area contributed by atoms with E-state index in [1.54, 1.807) is 23.5 Å². The van der Waals surface area contributed by atoms with Crippen LogP contribution in [-0.4, -0.2) is 24.9 Å². The van der Waals surface area contributed by atoms with Crippen LogP contribution in [0.15, 0.2) is 28.9 Å². The predicted octanol–water partition coefficient (Wildman–Crippen LogP) is 3.16. The van der Waals surface area contributed by atoms with Crippen LogP contribution in [0.3, 0.4) is 0 Å². The zero-order chi connectivity index (χ0) is 16.8. The zero-order valence-corrected chi connectivity index (χ0v) is 14.4. The second-order valence-electron chi connectivity index (χ2n) is 5.96. The lowest BCUT2D eigenvalue weighted by molar-refractivity contribution is 0.0911. The number of fused-ring (bicyclic) bond motifs is 1. The molecule has 5 nitrogen and oxygen atoms in total. The molecule has 24 heavy (non-hydrogen) atoms. The third-order valence-electron chi connectivity index (χ3n) is 4.16. The van der Waals surface area contributed by atoms with Crippen LogP contribution in [0.4, 0.5) is 0 Å². The lowest BCUT2D eigenvalue weighted by atomic mass is 10.00. The largest absolute Gasteiger partial charge is 0.459 e. The Bertz CT molecular complexity index is 666. The van der Waals surface area contributed by atoms with Crippen molar-refractivity contribution in [2.75, 3.05) is 13.1 Å². The zero-order valence-electron chi connectivity index (χ0n) is 13.6. The number of carbonyl (C=O) groups is 2. The molecular weight excluding hydrogens is 324 g/mol. The number of carbonyl (C=O) groups excluding carboxylic acids is 2. The number of nitrogens with one attached hydrogen (secondary N) is 2. The minimum atomic E-state index is -0.270. The highest BCUT2D eigenvalue weighted by Gasteiger charge is 2.15.